The molecule has 0 aliphatic heterocycles. The van der Waals surface area contributed by atoms with Gasteiger partial charge >= 0.3 is 0 Å². The van der Waals surface area contributed by atoms with Crippen molar-refractivity contribution in [2.45, 2.75) is 52.0 Å². The summed E-state index contributed by atoms with van der Waals surface area (Å²) in [5, 5.41) is 6.36. The molecule has 1 aliphatic carbocycles. The van der Waals surface area contributed by atoms with Crippen LogP contribution in [-0.2, 0) is 4.79 Å². The lowest BCUT2D eigenvalue weighted by molar-refractivity contribution is -0.121. The van der Waals surface area contributed by atoms with Gasteiger partial charge in [-0.15, -0.1) is 0 Å². The summed E-state index contributed by atoms with van der Waals surface area (Å²) >= 11 is 0. The van der Waals surface area contributed by atoms with Crippen LogP contribution in [0.4, 0.5) is 0 Å². The van der Waals surface area contributed by atoms with E-state index in [1.165, 1.54) is 19.3 Å². The van der Waals surface area contributed by atoms with Crippen LogP contribution in [0.15, 0.2) is 0 Å². The van der Waals surface area contributed by atoms with Crippen LogP contribution in [-0.4, -0.2) is 25.0 Å². The van der Waals surface area contributed by atoms with E-state index in [1.54, 1.807) is 0 Å². The van der Waals surface area contributed by atoms with Gasteiger partial charge < -0.3 is 10.6 Å². The first-order chi connectivity index (χ1) is 7.18. The zero-order chi connectivity index (χ0) is 11.1. The van der Waals surface area contributed by atoms with Gasteiger partial charge in [0.1, 0.15) is 0 Å². The molecule has 3 heteroatoms. The summed E-state index contributed by atoms with van der Waals surface area (Å²) in [5.74, 6) is 0.985. The van der Waals surface area contributed by atoms with Crippen LogP contribution >= 0.6 is 0 Å². The zero-order valence-electron chi connectivity index (χ0n) is 10.0. The highest BCUT2D eigenvalue weighted by molar-refractivity contribution is 5.76. The number of hydrogen-bond acceptors (Lipinski definition) is 2. The van der Waals surface area contributed by atoms with Crippen molar-refractivity contribution < 1.29 is 4.79 Å². The van der Waals surface area contributed by atoms with E-state index < -0.39 is 0 Å². The maximum Gasteiger partial charge on any atom is 0.220 e. The van der Waals surface area contributed by atoms with Gasteiger partial charge in [-0.3, -0.25) is 4.79 Å². The van der Waals surface area contributed by atoms with Crippen molar-refractivity contribution in [1.82, 2.24) is 10.6 Å². The second-order valence-corrected chi connectivity index (χ2v) is 4.88. The lowest BCUT2D eigenvalue weighted by Crippen LogP contribution is -2.26. The Morgan fingerprint density at radius 3 is 2.67 bits per heavy atom. The van der Waals surface area contributed by atoms with E-state index in [4.69, 9.17) is 0 Å². The summed E-state index contributed by atoms with van der Waals surface area (Å²) < 4.78 is 0. The van der Waals surface area contributed by atoms with Crippen molar-refractivity contribution in [2.24, 2.45) is 5.92 Å². The van der Waals surface area contributed by atoms with E-state index in [0.29, 0.717) is 12.5 Å². The molecule has 0 aromatic heterocycles. The number of amides is 1. The van der Waals surface area contributed by atoms with Crippen LogP contribution in [0.25, 0.3) is 0 Å². The van der Waals surface area contributed by atoms with Gasteiger partial charge in [0.15, 0.2) is 0 Å². The molecule has 0 spiro atoms. The molecule has 0 atom stereocenters. The fourth-order valence-electron chi connectivity index (χ4n) is 1.42. The molecule has 1 amide bonds. The van der Waals surface area contributed by atoms with Gasteiger partial charge in [-0.25, -0.2) is 0 Å². The third-order valence-electron chi connectivity index (χ3n) is 2.60. The third-order valence-corrected chi connectivity index (χ3v) is 2.60. The van der Waals surface area contributed by atoms with Gasteiger partial charge in [0.25, 0.3) is 0 Å². The Kier molecular flexibility index (Phi) is 5.69. The van der Waals surface area contributed by atoms with Gasteiger partial charge in [-0.1, -0.05) is 13.8 Å². The van der Waals surface area contributed by atoms with Crippen molar-refractivity contribution >= 4 is 5.91 Å². The molecule has 0 saturated heterocycles. The van der Waals surface area contributed by atoms with Crippen molar-refractivity contribution in [1.29, 1.82) is 0 Å². The van der Waals surface area contributed by atoms with Crippen LogP contribution in [0.3, 0.4) is 0 Å². The summed E-state index contributed by atoms with van der Waals surface area (Å²) in [6, 6.07) is 0.506. The normalized spacial score (nSPS) is 15.7. The Bertz CT molecular complexity index is 188. The van der Waals surface area contributed by atoms with Gasteiger partial charge in [-0.05, 0) is 44.7 Å². The molecule has 3 nitrogen and oxygen atoms in total. The SMILES string of the molecule is CC(C)CCNCCCC(=O)NC1CC1. The van der Waals surface area contributed by atoms with E-state index >= 15 is 0 Å². The fourth-order valence-corrected chi connectivity index (χ4v) is 1.42. The minimum atomic E-state index is 0.225. The molecule has 1 aliphatic rings. The molecular weight excluding hydrogens is 188 g/mol. The lowest BCUT2D eigenvalue weighted by Gasteiger charge is -2.06. The number of rotatable bonds is 8. The molecule has 0 unspecified atom stereocenters. The van der Waals surface area contributed by atoms with Gasteiger partial charge in [0, 0.05) is 12.5 Å². The minimum Gasteiger partial charge on any atom is -0.353 e. The van der Waals surface area contributed by atoms with Gasteiger partial charge in [-0.2, -0.15) is 0 Å². The number of nitrogens with one attached hydrogen (secondary N) is 2. The third kappa shape index (κ3) is 7.37. The molecule has 0 heterocycles. The van der Waals surface area contributed by atoms with Gasteiger partial charge in [0.05, 0.1) is 0 Å². The highest BCUT2D eigenvalue weighted by Crippen LogP contribution is 2.18. The molecule has 0 aromatic carbocycles. The van der Waals surface area contributed by atoms with Crippen LogP contribution in [0.2, 0.25) is 0 Å². The summed E-state index contributed by atoms with van der Waals surface area (Å²) in [4.78, 5) is 11.3. The molecule has 1 saturated carbocycles. The maximum absolute atomic E-state index is 11.3. The largest absolute Gasteiger partial charge is 0.353 e. The number of carbonyl (C=O) groups excluding carboxylic acids is 1. The highest BCUT2D eigenvalue weighted by atomic mass is 16.1. The van der Waals surface area contributed by atoms with Crippen molar-refractivity contribution in [3.63, 3.8) is 0 Å². The summed E-state index contributed by atoms with van der Waals surface area (Å²) in [6.45, 7) is 6.49. The molecule has 88 valence electrons. The molecule has 1 fully saturated rings. The predicted octanol–water partition coefficient (Wildman–Crippen LogP) is 1.68. The highest BCUT2D eigenvalue weighted by Gasteiger charge is 2.22. The van der Waals surface area contributed by atoms with Crippen molar-refractivity contribution in [2.75, 3.05) is 13.1 Å². The molecular formula is C12H24N2O. The second kappa shape index (κ2) is 6.83. The molecule has 15 heavy (non-hydrogen) atoms. The number of hydrogen-bond donors (Lipinski definition) is 2. The maximum atomic E-state index is 11.3. The first-order valence-corrected chi connectivity index (χ1v) is 6.18. The summed E-state index contributed by atoms with van der Waals surface area (Å²) in [5.41, 5.74) is 0. The van der Waals surface area contributed by atoms with E-state index in [1.807, 2.05) is 0 Å². The van der Waals surface area contributed by atoms with E-state index in [2.05, 4.69) is 24.5 Å². The molecule has 0 bridgehead atoms. The van der Waals surface area contributed by atoms with Crippen molar-refractivity contribution in [3.05, 3.63) is 0 Å². The Hall–Kier alpha value is -0.570. The fraction of sp³-hybridized carbons (Fsp3) is 0.917. The molecule has 0 radical (unpaired) electrons. The predicted molar refractivity (Wildman–Crippen MR) is 62.7 cm³/mol. The van der Waals surface area contributed by atoms with E-state index in [9.17, 15) is 4.79 Å². The van der Waals surface area contributed by atoms with Crippen LogP contribution in [0.1, 0.15) is 46.0 Å². The van der Waals surface area contributed by atoms with E-state index in [-0.39, 0.29) is 5.91 Å². The van der Waals surface area contributed by atoms with Gasteiger partial charge in [0.2, 0.25) is 5.91 Å². The molecule has 1 rings (SSSR count). The van der Waals surface area contributed by atoms with Crippen LogP contribution in [0, 0.1) is 5.92 Å². The average molecular weight is 212 g/mol. The minimum absolute atomic E-state index is 0.225. The Labute approximate surface area is 93.0 Å². The first-order valence-electron chi connectivity index (χ1n) is 6.18. The standard InChI is InChI=1S/C12H24N2O/c1-10(2)7-9-13-8-3-4-12(15)14-11-5-6-11/h10-11,13H,3-9H2,1-2H3,(H,14,15). The smallest absolute Gasteiger partial charge is 0.220 e. The lowest BCUT2D eigenvalue weighted by atomic mass is 10.1. The first kappa shape index (κ1) is 12.5. The average Bonchev–Trinajstić information content (AvgIpc) is 2.94. The van der Waals surface area contributed by atoms with Crippen molar-refractivity contribution in [3.8, 4) is 0 Å². The topological polar surface area (TPSA) is 41.1 Å². The van der Waals surface area contributed by atoms with Crippen LogP contribution in [0.5, 0.6) is 0 Å². The Balaban J connectivity index is 1.81. The summed E-state index contributed by atoms with van der Waals surface area (Å²) in [6.07, 6.45) is 5.20. The molecule has 2 N–H and O–H groups in total. The van der Waals surface area contributed by atoms with E-state index in [0.717, 1.165) is 25.4 Å². The quantitative estimate of drug-likeness (QED) is 0.601. The number of carbonyl (C=O) groups is 1. The molecule has 0 aromatic rings. The Morgan fingerprint density at radius 2 is 2.07 bits per heavy atom. The van der Waals surface area contributed by atoms with Crippen LogP contribution < -0.4 is 10.6 Å². The zero-order valence-corrected chi connectivity index (χ0v) is 10.0. The second-order valence-electron chi connectivity index (χ2n) is 4.88. The monoisotopic (exact) mass is 212 g/mol. The summed E-state index contributed by atoms with van der Waals surface area (Å²) in [7, 11) is 0. The Morgan fingerprint density at radius 1 is 1.33 bits per heavy atom.